The molecule has 0 aromatic heterocycles. The number of hydrogen-bond donors (Lipinski definition) is 0. The fraction of sp³-hybridized carbons (Fsp3) is 0.364. The van der Waals surface area contributed by atoms with Crippen molar-refractivity contribution in [2.75, 3.05) is 0 Å². The molecule has 1 fully saturated rings. The van der Waals surface area contributed by atoms with Gasteiger partial charge in [-0.25, -0.2) is 0 Å². The van der Waals surface area contributed by atoms with Crippen molar-refractivity contribution in [1.82, 2.24) is 0 Å². The maximum Gasteiger partial charge on any atom is 0.163 e. The maximum atomic E-state index is 12.8. The van der Waals surface area contributed by atoms with Gasteiger partial charge in [-0.1, -0.05) is 61.5 Å². The monoisotopic (exact) mass is 320 g/mol. The zero-order valence-corrected chi connectivity index (χ0v) is 14.2. The van der Waals surface area contributed by atoms with E-state index in [0.29, 0.717) is 18.6 Å². The first-order valence-corrected chi connectivity index (χ1v) is 8.89. The van der Waals surface area contributed by atoms with E-state index in [1.807, 2.05) is 54.6 Å². The van der Waals surface area contributed by atoms with Gasteiger partial charge in [-0.05, 0) is 30.4 Å². The van der Waals surface area contributed by atoms with E-state index in [2.05, 4.69) is 6.92 Å². The van der Waals surface area contributed by atoms with Crippen molar-refractivity contribution in [3.63, 3.8) is 0 Å². The van der Waals surface area contributed by atoms with Crippen molar-refractivity contribution in [1.29, 1.82) is 0 Å². The molecule has 0 heterocycles. The van der Waals surface area contributed by atoms with Crippen molar-refractivity contribution in [3.8, 4) is 0 Å². The van der Waals surface area contributed by atoms with Gasteiger partial charge < -0.3 is 0 Å². The Kier molecular flexibility index (Phi) is 5.24. The molecule has 0 radical (unpaired) electrons. The van der Waals surface area contributed by atoms with Crippen LogP contribution < -0.4 is 0 Å². The van der Waals surface area contributed by atoms with Crippen molar-refractivity contribution >= 4 is 11.6 Å². The molecule has 3 rings (SSSR count). The molecule has 2 aromatic rings. The standard InChI is InChI=1S/C22H24O2/c1-2-16-11-13-18(14-12-16)22(24)15-20(17-7-4-3-5-8-17)19-9-6-10-21(19)23/h3-5,7-8,11-14,19-20H,2,6,9-10,15H2,1H3/t19-,20+/m1/s1. The summed E-state index contributed by atoms with van der Waals surface area (Å²) in [7, 11) is 0. The summed E-state index contributed by atoms with van der Waals surface area (Å²) in [5, 5.41) is 0. The van der Waals surface area contributed by atoms with Crippen LogP contribution in [0, 0.1) is 5.92 Å². The second-order valence-electron chi connectivity index (χ2n) is 6.66. The average Bonchev–Trinajstić information content (AvgIpc) is 3.06. The van der Waals surface area contributed by atoms with Crippen LogP contribution in [0.4, 0.5) is 0 Å². The van der Waals surface area contributed by atoms with Crippen molar-refractivity contribution in [2.45, 2.75) is 44.9 Å². The van der Waals surface area contributed by atoms with Crippen molar-refractivity contribution in [3.05, 3.63) is 71.3 Å². The highest BCUT2D eigenvalue weighted by Crippen LogP contribution is 2.38. The fourth-order valence-corrected chi connectivity index (χ4v) is 3.70. The quantitative estimate of drug-likeness (QED) is 0.704. The first-order chi connectivity index (χ1) is 11.7. The number of rotatable bonds is 6. The van der Waals surface area contributed by atoms with Crippen LogP contribution in [0.3, 0.4) is 0 Å². The molecule has 0 bridgehead atoms. The maximum absolute atomic E-state index is 12.8. The lowest BCUT2D eigenvalue weighted by atomic mass is 9.80. The van der Waals surface area contributed by atoms with Gasteiger partial charge in [0.15, 0.2) is 5.78 Å². The van der Waals surface area contributed by atoms with Crippen LogP contribution in [0.1, 0.15) is 60.0 Å². The Labute approximate surface area is 143 Å². The van der Waals surface area contributed by atoms with Crippen LogP contribution in [0.2, 0.25) is 0 Å². The van der Waals surface area contributed by atoms with E-state index in [1.165, 1.54) is 5.56 Å². The lowest BCUT2D eigenvalue weighted by Crippen LogP contribution is -2.20. The zero-order valence-electron chi connectivity index (χ0n) is 14.2. The molecule has 0 amide bonds. The number of Topliss-reactive ketones (excluding diaryl/α,β-unsaturated/α-hetero) is 2. The minimum Gasteiger partial charge on any atom is -0.299 e. The van der Waals surface area contributed by atoms with Crippen molar-refractivity contribution < 1.29 is 9.59 Å². The van der Waals surface area contributed by atoms with Gasteiger partial charge in [0, 0.05) is 30.2 Å². The molecule has 24 heavy (non-hydrogen) atoms. The van der Waals surface area contributed by atoms with Gasteiger partial charge in [0.1, 0.15) is 5.78 Å². The summed E-state index contributed by atoms with van der Waals surface area (Å²) < 4.78 is 0. The Balaban J connectivity index is 1.83. The molecule has 2 heteroatoms. The molecule has 0 unspecified atom stereocenters. The van der Waals surface area contributed by atoms with Crippen LogP contribution in [0.25, 0.3) is 0 Å². The highest BCUT2D eigenvalue weighted by Gasteiger charge is 2.34. The minimum absolute atomic E-state index is 0.000415. The molecule has 0 saturated heterocycles. The summed E-state index contributed by atoms with van der Waals surface area (Å²) >= 11 is 0. The third-order valence-corrected chi connectivity index (χ3v) is 5.15. The first kappa shape index (κ1) is 16.6. The molecular formula is C22H24O2. The number of carbonyl (C=O) groups excluding carboxylic acids is 2. The second-order valence-corrected chi connectivity index (χ2v) is 6.66. The van der Waals surface area contributed by atoms with E-state index in [1.54, 1.807) is 0 Å². The third-order valence-electron chi connectivity index (χ3n) is 5.15. The second kappa shape index (κ2) is 7.57. The zero-order chi connectivity index (χ0) is 16.9. The van der Waals surface area contributed by atoms with Crippen molar-refractivity contribution in [2.24, 2.45) is 5.92 Å². The Bertz CT molecular complexity index is 701. The summed E-state index contributed by atoms with van der Waals surface area (Å²) in [6.45, 7) is 2.11. The molecule has 0 spiro atoms. The summed E-state index contributed by atoms with van der Waals surface area (Å²) in [4.78, 5) is 25.1. The predicted molar refractivity (Wildman–Crippen MR) is 96.3 cm³/mol. The fourth-order valence-electron chi connectivity index (χ4n) is 3.70. The summed E-state index contributed by atoms with van der Waals surface area (Å²) in [6, 6.07) is 17.9. The van der Waals surface area contributed by atoms with Gasteiger partial charge in [0.2, 0.25) is 0 Å². The highest BCUT2D eigenvalue weighted by atomic mass is 16.1. The molecule has 2 nitrogen and oxygen atoms in total. The first-order valence-electron chi connectivity index (χ1n) is 8.89. The van der Waals surface area contributed by atoms with Crippen LogP contribution >= 0.6 is 0 Å². The highest BCUT2D eigenvalue weighted by molar-refractivity contribution is 5.97. The van der Waals surface area contributed by atoms with Crippen LogP contribution in [0.5, 0.6) is 0 Å². The molecular weight excluding hydrogens is 296 g/mol. The number of ketones is 2. The van der Waals surface area contributed by atoms with E-state index in [4.69, 9.17) is 0 Å². The van der Waals surface area contributed by atoms with E-state index >= 15 is 0 Å². The van der Waals surface area contributed by atoms with E-state index in [9.17, 15) is 9.59 Å². The predicted octanol–water partition coefficient (Wildman–Crippen LogP) is 4.97. The van der Waals surface area contributed by atoms with Crippen LogP contribution in [-0.4, -0.2) is 11.6 Å². The topological polar surface area (TPSA) is 34.1 Å². The minimum atomic E-state index is -0.00809. The molecule has 1 aliphatic carbocycles. The van der Waals surface area contributed by atoms with Gasteiger partial charge in [0.05, 0.1) is 0 Å². The molecule has 2 atom stereocenters. The third kappa shape index (κ3) is 3.64. The number of aryl methyl sites for hydroxylation is 1. The van der Waals surface area contributed by atoms with E-state index in [0.717, 1.165) is 30.4 Å². The van der Waals surface area contributed by atoms with Gasteiger partial charge in [-0.3, -0.25) is 9.59 Å². The Morgan fingerprint density at radius 1 is 1.08 bits per heavy atom. The molecule has 1 saturated carbocycles. The normalized spacial score (nSPS) is 18.5. The number of hydrogen-bond acceptors (Lipinski definition) is 2. The molecule has 2 aromatic carbocycles. The average molecular weight is 320 g/mol. The summed E-state index contributed by atoms with van der Waals surface area (Å²) in [5.74, 6) is 0.440. The SMILES string of the molecule is CCc1ccc(C(=O)C[C@@H](c2ccccc2)[C@H]2CCCC2=O)cc1. The molecule has 0 aliphatic heterocycles. The lowest BCUT2D eigenvalue weighted by Gasteiger charge is -2.22. The van der Waals surface area contributed by atoms with Gasteiger partial charge in [-0.2, -0.15) is 0 Å². The number of benzene rings is 2. The summed E-state index contributed by atoms with van der Waals surface area (Å²) in [6.07, 6.45) is 3.89. The van der Waals surface area contributed by atoms with Gasteiger partial charge in [0.25, 0.3) is 0 Å². The Hall–Kier alpha value is -2.22. The molecule has 0 N–H and O–H groups in total. The van der Waals surface area contributed by atoms with Crippen LogP contribution in [0.15, 0.2) is 54.6 Å². The summed E-state index contributed by atoms with van der Waals surface area (Å²) in [5.41, 5.74) is 3.09. The largest absolute Gasteiger partial charge is 0.299 e. The van der Waals surface area contributed by atoms with E-state index < -0.39 is 0 Å². The number of carbonyl (C=O) groups is 2. The molecule has 124 valence electrons. The Morgan fingerprint density at radius 2 is 1.79 bits per heavy atom. The molecule has 1 aliphatic rings. The van der Waals surface area contributed by atoms with Crippen LogP contribution in [-0.2, 0) is 11.2 Å². The van der Waals surface area contributed by atoms with Gasteiger partial charge in [-0.15, -0.1) is 0 Å². The van der Waals surface area contributed by atoms with E-state index in [-0.39, 0.29) is 17.6 Å². The smallest absolute Gasteiger partial charge is 0.163 e. The lowest BCUT2D eigenvalue weighted by molar-refractivity contribution is -0.121. The van der Waals surface area contributed by atoms with Gasteiger partial charge >= 0.3 is 0 Å². The Morgan fingerprint density at radius 3 is 2.38 bits per heavy atom.